The van der Waals surface area contributed by atoms with E-state index in [9.17, 15) is 4.79 Å². The van der Waals surface area contributed by atoms with Gasteiger partial charge in [0.1, 0.15) is 6.04 Å². The number of rotatable bonds is 1. The Morgan fingerprint density at radius 3 is 2.63 bits per heavy atom. The van der Waals surface area contributed by atoms with Gasteiger partial charge in [0.2, 0.25) is 5.91 Å². The van der Waals surface area contributed by atoms with Crippen LogP contribution in [0.3, 0.4) is 0 Å². The fourth-order valence-electron chi connectivity index (χ4n) is 3.03. The Morgan fingerprint density at radius 2 is 1.95 bits per heavy atom. The van der Waals surface area contributed by atoms with Gasteiger partial charge in [0.15, 0.2) is 0 Å². The molecule has 1 N–H and O–H groups in total. The molecule has 1 saturated heterocycles. The Balaban J connectivity index is 1.69. The molecular formula is C15H20N2O2. The van der Waals surface area contributed by atoms with E-state index in [1.807, 2.05) is 36.9 Å². The summed E-state index contributed by atoms with van der Waals surface area (Å²) in [5.74, 6) is 0.193. The topological polar surface area (TPSA) is 41.6 Å². The molecule has 1 amide bonds. The van der Waals surface area contributed by atoms with Gasteiger partial charge in [-0.15, -0.1) is 0 Å². The van der Waals surface area contributed by atoms with E-state index in [1.54, 1.807) is 0 Å². The third-order valence-corrected chi connectivity index (χ3v) is 3.80. The van der Waals surface area contributed by atoms with Gasteiger partial charge in [-0.1, -0.05) is 18.2 Å². The van der Waals surface area contributed by atoms with Crippen molar-refractivity contribution in [2.45, 2.75) is 38.5 Å². The number of ether oxygens (including phenoxy) is 1. The number of hydrogen-bond acceptors (Lipinski definition) is 3. The molecule has 1 fully saturated rings. The summed E-state index contributed by atoms with van der Waals surface area (Å²) < 4.78 is 5.68. The van der Waals surface area contributed by atoms with Gasteiger partial charge in [-0.05, 0) is 25.5 Å². The fourth-order valence-corrected chi connectivity index (χ4v) is 3.03. The molecular weight excluding hydrogens is 240 g/mol. The number of para-hydroxylation sites is 1. The molecule has 19 heavy (non-hydrogen) atoms. The average Bonchev–Trinajstić information content (AvgIpc) is 2.80. The number of nitrogens with one attached hydrogen (secondary N) is 1. The van der Waals surface area contributed by atoms with Crippen LogP contribution in [0.25, 0.3) is 0 Å². The molecule has 3 atom stereocenters. The summed E-state index contributed by atoms with van der Waals surface area (Å²) >= 11 is 0. The van der Waals surface area contributed by atoms with E-state index in [1.165, 1.54) is 5.56 Å². The number of carbonyl (C=O) groups is 1. The van der Waals surface area contributed by atoms with Crippen molar-refractivity contribution >= 4 is 11.6 Å². The Bertz CT molecular complexity index is 454. The van der Waals surface area contributed by atoms with E-state index in [0.29, 0.717) is 13.1 Å². The number of carbonyl (C=O) groups excluding carboxylic acids is 1. The van der Waals surface area contributed by atoms with Crippen molar-refractivity contribution in [3.05, 3.63) is 29.8 Å². The van der Waals surface area contributed by atoms with Crippen LogP contribution < -0.4 is 5.32 Å². The van der Waals surface area contributed by atoms with Crippen molar-refractivity contribution in [3.8, 4) is 0 Å². The maximum Gasteiger partial charge on any atom is 0.245 e. The quantitative estimate of drug-likeness (QED) is 0.835. The molecule has 2 aliphatic rings. The molecule has 0 spiro atoms. The van der Waals surface area contributed by atoms with E-state index in [2.05, 4.69) is 11.4 Å². The first kappa shape index (κ1) is 12.5. The summed E-state index contributed by atoms with van der Waals surface area (Å²) in [6.45, 7) is 5.43. The minimum Gasteiger partial charge on any atom is -0.373 e. The second-order valence-corrected chi connectivity index (χ2v) is 5.56. The summed E-state index contributed by atoms with van der Waals surface area (Å²) in [5, 5.41) is 3.33. The molecule has 102 valence electrons. The number of nitrogens with zero attached hydrogens (tertiary/aromatic N) is 1. The third-order valence-electron chi connectivity index (χ3n) is 3.80. The third kappa shape index (κ3) is 2.45. The first-order valence-corrected chi connectivity index (χ1v) is 6.92. The highest BCUT2D eigenvalue weighted by Crippen LogP contribution is 2.26. The van der Waals surface area contributed by atoms with E-state index >= 15 is 0 Å². The molecule has 2 aliphatic heterocycles. The summed E-state index contributed by atoms with van der Waals surface area (Å²) in [4.78, 5) is 14.5. The number of benzene rings is 1. The Morgan fingerprint density at radius 1 is 1.26 bits per heavy atom. The van der Waals surface area contributed by atoms with Crippen molar-refractivity contribution < 1.29 is 9.53 Å². The van der Waals surface area contributed by atoms with Crippen LogP contribution in [0.15, 0.2) is 24.3 Å². The lowest BCUT2D eigenvalue weighted by atomic mass is 10.1. The lowest BCUT2D eigenvalue weighted by molar-refractivity contribution is -0.143. The van der Waals surface area contributed by atoms with E-state index in [-0.39, 0.29) is 24.2 Å². The molecule has 1 unspecified atom stereocenters. The number of fused-ring (bicyclic) bond motifs is 1. The molecule has 0 aromatic heterocycles. The van der Waals surface area contributed by atoms with Gasteiger partial charge in [-0.2, -0.15) is 0 Å². The summed E-state index contributed by atoms with van der Waals surface area (Å²) in [6.07, 6.45) is 1.03. The predicted octanol–water partition coefficient (Wildman–Crippen LogP) is 1.66. The van der Waals surface area contributed by atoms with Crippen LogP contribution in [-0.4, -0.2) is 42.1 Å². The normalized spacial score (nSPS) is 29.8. The molecule has 4 heteroatoms. The molecule has 0 radical (unpaired) electrons. The standard InChI is InChI=1S/C15H20N2O2/c1-10-8-17(9-11(2)19-10)15(18)14-7-12-5-3-4-6-13(12)16-14/h3-6,10-11,14,16H,7-9H2,1-2H3/t10-,11+,14?. The van der Waals surface area contributed by atoms with Gasteiger partial charge in [0.25, 0.3) is 0 Å². The Kier molecular flexibility index (Phi) is 3.19. The highest BCUT2D eigenvalue weighted by Gasteiger charge is 2.33. The van der Waals surface area contributed by atoms with Gasteiger partial charge < -0.3 is 15.0 Å². The summed E-state index contributed by atoms with van der Waals surface area (Å²) in [5.41, 5.74) is 2.32. The minimum absolute atomic E-state index is 0.116. The predicted molar refractivity (Wildman–Crippen MR) is 74.1 cm³/mol. The monoisotopic (exact) mass is 260 g/mol. The largest absolute Gasteiger partial charge is 0.373 e. The SMILES string of the molecule is C[C@@H]1CN(C(=O)C2Cc3ccccc3N2)C[C@H](C)O1. The Labute approximate surface area is 113 Å². The molecule has 1 aromatic carbocycles. The van der Waals surface area contributed by atoms with Crippen LogP contribution in [0.2, 0.25) is 0 Å². The number of amides is 1. The fraction of sp³-hybridized carbons (Fsp3) is 0.533. The molecule has 0 saturated carbocycles. The van der Waals surface area contributed by atoms with Crippen LogP contribution >= 0.6 is 0 Å². The van der Waals surface area contributed by atoms with Crippen LogP contribution in [0.5, 0.6) is 0 Å². The average molecular weight is 260 g/mol. The van der Waals surface area contributed by atoms with Gasteiger partial charge in [-0.25, -0.2) is 0 Å². The van der Waals surface area contributed by atoms with Crippen molar-refractivity contribution in [3.63, 3.8) is 0 Å². The smallest absolute Gasteiger partial charge is 0.245 e. The number of morpholine rings is 1. The van der Waals surface area contributed by atoms with Crippen LogP contribution in [-0.2, 0) is 16.0 Å². The lowest BCUT2D eigenvalue weighted by Crippen LogP contribution is -2.52. The summed E-state index contributed by atoms with van der Waals surface area (Å²) in [7, 11) is 0. The second kappa shape index (κ2) is 4.85. The van der Waals surface area contributed by atoms with Gasteiger partial charge in [0.05, 0.1) is 12.2 Å². The first-order valence-electron chi connectivity index (χ1n) is 6.92. The van der Waals surface area contributed by atoms with Crippen molar-refractivity contribution in [2.75, 3.05) is 18.4 Å². The number of hydrogen-bond donors (Lipinski definition) is 1. The van der Waals surface area contributed by atoms with Crippen LogP contribution in [0.1, 0.15) is 19.4 Å². The molecule has 4 nitrogen and oxygen atoms in total. The van der Waals surface area contributed by atoms with Gasteiger partial charge >= 0.3 is 0 Å². The van der Waals surface area contributed by atoms with Crippen molar-refractivity contribution in [1.29, 1.82) is 0 Å². The highest BCUT2D eigenvalue weighted by molar-refractivity contribution is 5.87. The van der Waals surface area contributed by atoms with Gasteiger partial charge in [-0.3, -0.25) is 4.79 Å². The maximum absolute atomic E-state index is 12.6. The Hall–Kier alpha value is -1.55. The molecule has 0 bridgehead atoms. The molecule has 3 rings (SSSR count). The molecule has 1 aromatic rings. The first-order chi connectivity index (χ1) is 9.13. The van der Waals surface area contributed by atoms with E-state index in [4.69, 9.17) is 4.74 Å². The van der Waals surface area contributed by atoms with Crippen molar-refractivity contribution in [1.82, 2.24) is 4.90 Å². The maximum atomic E-state index is 12.6. The van der Waals surface area contributed by atoms with E-state index < -0.39 is 0 Å². The summed E-state index contributed by atoms with van der Waals surface area (Å²) in [6, 6.07) is 8.02. The van der Waals surface area contributed by atoms with Gasteiger partial charge in [0, 0.05) is 25.2 Å². The van der Waals surface area contributed by atoms with Crippen LogP contribution in [0, 0.1) is 0 Å². The zero-order chi connectivity index (χ0) is 13.4. The highest BCUT2D eigenvalue weighted by atomic mass is 16.5. The van der Waals surface area contributed by atoms with E-state index in [0.717, 1.165) is 12.1 Å². The minimum atomic E-state index is -0.116. The zero-order valence-electron chi connectivity index (χ0n) is 11.4. The number of anilines is 1. The van der Waals surface area contributed by atoms with Crippen LogP contribution in [0.4, 0.5) is 5.69 Å². The zero-order valence-corrected chi connectivity index (χ0v) is 11.4. The molecule has 0 aliphatic carbocycles. The lowest BCUT2D eigenvalue weighted by Gasteiger charge is -2.36. The molecule has 2 heterocycles. The van der Waals surface area contributed by atoms with Crippen molar-refractivity contribution in [2.24, 2.45) is 0 Å². The second-order valence-electron chi connectivity index (χ2n) is 5.56.